The molecule has 82 valence electrons. The highest BCUT2D eigenvalue weighted by Gasteiger charge is 2.17. The van der Waals surface area contributed by atoms with Gasteiger partial charge in [0.2, 0.25) is 0 Å². The van der Waals surface area contributed by atoms with Crippen molar-refractivity contribution >= 4 is 0 Å². The second-order valence-electron chi connectivity index (χ2n) is 3.89. The summed E-state index contributed by atoms with van der Waals surface area (Å²) in [7, 11) is 0. The molecule has 1 aromatic carbocycles. The first-order valence-corrected chi connectivity index (χ1v) is 5.40. The number of morpholine rings is 1. The van der Waals surface area contributed by atoms with E-state index in [1.54, 1.807) is 0 Å². The van der Waals surface area contributed by atoms with E-state index in [2.05, 4.69) is 5.32 Å². The summed E-state index contributed by atoms with van der Waals surface area (Å²) < 4.78 is 5.35. The Morgan fingerprint density at radius 1 is 1.40 bits per heavy atom. The lowest BCUT2D eigenvalue weighted by atomic mass is 10.0. The van der Waals surface area contributed by atoms with E-state index in [1.807, 2.05) is 30.3 Å². The van der Waals surface area contributed by atoms with Crippen LogP contribution in [0.4, 0.5) is 0 Å². The first-order chi connectivity index (χ1) is 7.36. The van der Waals surface area contributed by atoms with Crippen LogP contribution in [0.15, 0.2) is 30.3 Å². The van der Waals surface area contributed by atoms with Gasteiger partial charge in [0.1, 0.15) is 0 Å². The van der Waals surface area contributed by atoms with Crippen LogP contribution in [0.5, 0.6) is 0 Å². The molecule has 0 radical (unpaired) electrons. The van der Waals surface area contributed by atoms with E-state index in [9.17, 15) is 5.11 Å². The summed E-state index contributed by atoms with van der Waals surface area (Å²) >= 11 is 0. The highest BCUT2D eigenvalue weighted by atomic mass is 16.5. The van der Waals surface area contributed by atoms with Gasteiger partial charge in [0.25, 0.3) is 0 Å². The maximum Gasteiger partial charge on any atom is 0.0805 e. The third-order valence-electron chi connectivity index (χ3n) is 2.69. The molecular weight excluding hydrogens is 190 g/mol. The molecular formula is C12H17NO2. The Bertz CT molecular complexity index is 283. The highest BCUT2D eigenvalue weighted by molar-refractivity contribution is 5.17. The molecule has 0 amide bonds. The minimum absolute atomic E-state index is 0.272. The van der Waals surface area contributed by atoms with E-state index in [4.69, 9.17) is 4.74 Å². The molecule has 0 aliphatic carbocycles. The Kier molecular flexibility index (Phi) is 3.72. The number of aliphatic hydroxyl groups excluding tert-OH is 1. The Balaban J connectivity index is 1.88. The molecule has 1 aliphatic heterocycles. The SMILES string of the molecule is O[C@H](C[C@H]1COCCN1)c1ccccc1. The predicted octanol–water partition coefficient (Wildman–Crippen LogP) is 1.10. The summed E-state index contributed by atoms with van der Waals surface area (Å²) in [4.78, 5) is 0. The topological polar surface area (TPSA) is 41.5 Å². The highest BCUT2D eigenvalue weighted by Crippen LogP contribution is 2.18. The van der Waals surface area contributed by atoms with Crippen molar-refractivity contribution < 1.29 is 9.84 Å². The molecule has 3 nitrogen and oxygen atoms in total. The van der Waals surface area contributed by atoms with E-state index in [1.165, 1.54) is 0 Å². The normalized spacial score (nSPS) is 23.7. The molecule has 2 rings (SSSR count). The molecule has 2 N–H and O–H groups in total. The van der Waals surface area contributed by atoms with E-state index in [0.29, 0.717) is 13.0 Å². The average Bonchev–Trinajstić information content (AvgIpc) is 2.31. The molecule has 1 saturated heterocycles. The third-order valence-corrected chi connectivity index (χ3v) is 2.69. The minimum Gasteiger partial charge on any atom is -0.388 e. The quantitative estimate of drug-likeness (QED) is 0.780. The monoisotopic (exact) mass is 207 g/mol. The van der Waals surface area contributed by atoms with Crippen LogP contribution in [-0.2, 0) is 4.74 Å². The Morgan fingerprint density at radius 3 is 2.87 bits per heavy atom. The molecule has 0 aromatic heterocycles. The lowest BCUT2D eigenvalue weighted by Crippen LogP contribution is -2.42. The summed E-state index contributed by atoms with van der Waals surface area (Å²) in [5.41, 5.74) is 0.977. The summed E-state index contributed by atoms with van der Waals surface area (Å²) in [6, 6.07) is 10.0. The molecule has 0 saturated carbocycles. The molecule has 0 unspecified atom stereocenters. The van der Waals surface area contributed by atoms with Crippen LogP contribution in [0.3, 0.4) is 0 Å². The van der Waals surface area contributed by atoms with Crippen molar-refractivity contribution in [3.05, 3.63) is 35.9 Å². The van der Waals surface area contributed by atoms with Crippen molar-refractivity contribution in [3.63, 3.8) is 0 Å². The molecule has 1 fully saturated rings. The molecule has 0 spiro atoms. The van der Waals surface area contributed by atoms with Crippen LogP contribution in [0.2, 0.25) is 0 Å². The zero-order chi connectivity index (χ0) is 10.5. The van der Waals surface area contributed by atoms with Crippen LogP contribution in [0.25, 0.3) is 0 Å². The van der Waals surface area contributed by atoms with Crippen molar-refractivity contribution in [3.8, 4) is 0 Å². The third kappa shape index (κ3) is 3.02. The number of hydrogen-bond donors (Lipinski definition) is 2. The van der Waals surface area contributed by atoms with Crippen LogP contribution in [-0.4, -0.2) is 30.9 Å². The summed E-state index contributed by atoms with van der Waals surface area (Å²) in [5, 5.41) is 13.3. The van der Waals surface area contributed by atoms with Gasteiger partial charge in [-0.2, -0.15) is 0 Å². The summed E-state index contributed by atoms with van der Waals surface area (Å²) in [5.74, 6) is 0. The Hall–Kier alpha value is -0.900. The molecule has 3 heteroatoms. The molecule has 1 aliphatic rings. The Morgan fingerprint density at radius 2 is 2.20 bits per heavy atom. The zero-order valence-electron chi connectivity index (χ0n) is 8.73. The van der Waals surface area contributed by atoms with Crippen LogP contribution in [0.1, 0.15) is 18.1 Å². The van der Waals surface area contributed by atoms with Gasteiger partial charge in [-0.1, -0.05) is 30.3 Å². The average molecular weight is 207 g/mol. The number of benzene rings is 1. The lowest BCUT2D eigenvalue weighted by Gasteiger charge is -2.25. The fourth-order valence-corrected chi connectivity index (χ4v) is 1.85. The number of rotatable bonds is 3. The van der Waals surface area contributed by atoms with Gasteiger partial charge in [0.15, 0.2) is 0 Å². The number of aliphatic hydroxyl groups is 1. The van der Waals surface area contributed by atoms with Gasteiger partial charge in [-0.15, -0.1) is 0 Å². The van der Waals surface area contributed by atoms with Gasteiger partial charge in [0, 0.05) is 12.6 Å². The molecule has 2 atom stereocenters. The summed E-state index contributed by atoms with van der Waals surface area (Å²) in [6.07, 6.45) is 0.315. The van der Waals surface area contributed by atoms with E-state index < -0.39 is 6.10 Å². The smallest absolute Gasteiger partial charge is 0.0805 e. The van der Waals surface area contributed by atoms with Gasteiger partial charge in [-0.05, 0) is 12.0 Å². The molecule has 1 aromatic rings. The van der Waals surface area contributed by atoms with Crippen molar-refractivity contribution in [1.29, 1.82) is 0 Å². The number of ether oxygens (including phenoxy) is 1. The van der Waals surface area contributed by atoms with Crippen LogP contribution in [0, 0.1) is 0 Å². The second-order valence-corrected chi connectivity index (χ2v) is 3.89. The summed E-state index contributed by atoms with van der Waals surface area (Å²) in [6.45, 7) is 2.36. The van der Waals surface area contributed by atoms with Crippen molar-refractivity contribution in [2.24, 2.45) is 0 Å². The largest absolute Gasteiger partial charge is 0.388 e. The maximum atomic E-state index is 9.98. The van der Waals surface area contributed by atoms with Gasteiger partial charge in [0.05, 0.1) is 19.3 Å². The molecule has 1 heterocycles. The van der Waals surface area contributed by atoms with Gasteiger partial charge < -0.3 is 15.2 Å². The molecule has 15 heavy (non-hydrogen) atoms. The first kappa shape index (κ1) is 10.6. The van der Waals surface area contributed by atoms with Crippen molar-refractivity contribution in [2.45, 2.75) is 18.6 Å². The van der Waals surface area contributed by atoms with Gasteiger partial charge >= 0.3 is 0 Å². The second kappa shape index (κ2) is 5.26. The Labute approximate surface area is 90.1 Å². The van der Waals surface area contributed by atoms with Crippen molar-refractivity contribution in [1.82, 2.24) is 5.32 Å². The first-order valence-electron chi connectivity index (χ1n) is 5.40. The number of nitrogens with one attached hydrogen (secondary N) is 1. The van der Waals surface area contributed by atoms with E-state index >= 15 is 0 Å². The standard InChI is InChI=1S/C12H17NO2/c14-12(10-4-2-1-3-5-10)8-11-9-15-7-6-13-11/h1-5,11-14H,6-9H2/t11-,12+/m0/s1. The van der Waals surface area contributed by atoms with Crippen molar-refractivity contribution in [2.75, 3.05) is 19.8 Å². The molecule has 0 bridgehead atoms. The minimum atomic E-state index is -0.398. The fraction of sp³-hybridized carbons (Fsp3) is 0.500. The fourth-order valence-electron chi connectivity index (χ4n) is 1.85. The zero-order valence-corrected chi connectivity index (χ0v) is 8.73. The van der Waals surface area contributed by atoms with Crippen LogP contribution < -0.4 is 5.32 Å². The lowest BCUT2D eigenvalue weighted by molar-refractivity contribution is 0.0519. The number of hydrogen-bond acceptors (Lipinski definition) is 3. The maximum absolute atomic E-state index is 9.98. The van der Waals surface area contributed by atoms with E-state index in [0.717, 1.165) is 18.7 Å². The van der Waals surface area contributed by atoms with Gasteiger partial charge in [-0.25, -0.2) is 0 Å². The van der Waals surface area contributed by atoms with E-state index in [-0.39, 0.29) is 6.04 Å². The predicted molar refractivity (Wildman–Crippen MR) is 58.6 cm³/mol. The van der Waals surface area contributed by atoms with Crippen LogP contribution >= 0.6 is 0 Å². The van der Waals surface area contributed by atoms with Gasteiger partial charge in [-0.3, -0.25) is 0 Å².